The average molecular weight is 211 g/mol. The van der Waals surface area contributed by atoms with Gasteiger partial charge in [-0.3, -0.25) is 0 Å². The highest BCUT2D eigenvalue weighted by molar-refractivity contribution is 5.76. The Kier molecular flexibility index (Phi) is 2.19. The lowest BCUT2D eigenvalue weighted by Crippen LogP contribution is -2.24. The molecule has 2 aromatic rings. The third kappa shape index (κ3) is 1.59. The molecule has 0 amide bonds. The van der Waals surface area contributed by atoms with E-state index in [0.717, 1.165) is 5.52 Å². The fourth-order valence-corrected chi connectivity index (χ4v) is 1.48. The molecule has 0 aliphatic heterocycles. The molecule has 0 saturated carbocycles. The van der Waals surface area contributed by atoms with Gasteiger partial charge in [0.2, 0.25) is 0 Å². The first-order chi connectivity index (χ1) is 7.04. The van der Waals surface area contributed by atoms with E-state index in [-0.39, 0.29) is 5.56 Å². The van der Waals surface area contributed by atoms with Crippen LogP contribution in [-0.2, 0) is 13.0 Å². The minimum atomic E-state index is -2.98. The summed E-state index contributed by atoms with van der Waals surface area (Å²) in [6, 6.07) is 4.39. The number of hydrogen-bond acceptors (Lipinski definition) is 2. The molecule has 15 heavy (non-hydrogen) atoms. The minimum absolute atomic E-state index is 0.0869. The Hall–Kier alpha value is -1.49. The predicted octanol–water partition coefficient (Wildman–Crippen LogP) is 1.62. The normalized spacial score (nSPS) is 12.3. The fraction of sp³-hybridized carbons (Fsp3) is 0.300. The molecule has 0 bridgehead atoms. The van der Waals surface area contributed by atoms with Crippen LogP contribution in [0.3, 0.4) is 0 Å². The second kappa shape index (κ2) is 3.27. The van der Waals surface area contributed by atoms with Crippen molar-refractivity contribution in [2.24, 2.45) is 12.8 Å². The van der Waals surface area contributed by atoms with Crippen molar-refractivity contribution in [3.05, 3.63) is 30.1 Å². The molecule has 0 atom stereocenters. The second-order valence-electron chi connectivity index (χ2n) is 3.47. The van der Waals surface area contributed by atoms with Crippen LogP contribution in [0, 0.1) is 0 Å². The Morgan fingerprint density at radius 1 is 1.47 bits per heavy atom. The van der Waals surface area contributed by atoms with Crippen LogP contribution >= 0.6 is 0 Å². The lowest BCUT2D eigenvalue weighted by Gasteiger charge is -2.13. The summed E-state index contributed by atoms with van der Waals surface area (Å²) in [5, 5.41) is 0. The van der Waals surface area contributed by atoms with Crippen LogP contribution in [0.4, 0.5) is 8.78 Å². The molecule has 0 unspecified atom stereocenters. The maximum atomic E-state index is 13.3. The lowest BCUT2D eigenvalue weighted by atomic mass is 10.1. The van der Waals surface area contributed by atoms with E-state index in [0.29, 0.717) is 5.52 Å². The van der Waals surface area contributed by atoms with E-state index in [2.05, 4.69) is 4.98 Å². The van der Waals surface area contributed by atoms with Crippen molar-refractivity contribution in [3.8, 4) is 0 Å². The van der Waals surface area contributed by atoms with Crippen molar-refractivity contribution in [3.63, 3.8) is 0 Å². The molecule has 0 aliphatic rings. The van der Waals surface area contributed by atoms with Gasteiger partial charge in [-0.2, -0.15) is 8.78 Å². The minimum Gasteiger partial charge on any atom is -0.334 e. The summed E-state index contributed by atoms with van der Waals surface area (Å²) < 4.78 is 28.3. The van der Waals surface area contributed by atoms with Crippen molar-refractivity contribution in [1.29, 1.82) is 0 Å². The molecule has 0 saturated heterocycles. The monoisotopic (exact) mass is 211 g/mol. The maximum Gasteiger partial charge on any atom is 0.285 e. The van der Waals surface area contributed by atoms with Crippen molar-refractivity contribution >= 4 is 11.0 Å². The Morgan fingerprint density at radius 3 is 2.87 bits per heavy atom. The Labute approximate surface area is 85.5 Å². The van der Waals surface area contributed by atoms with E-state index in [1.807, 2.05) is 7.05 Å². The predicted molar refractivity (Wildman–Crippen MR) is 53.7 cm³/mol. The van der Waals surface area contributed by atoms with E-state index in [1.54, 1.807) is 17.0 Å². The highest BCUT2D eigenvalue weighted by Gasteiger charge is 2.29. The van der Waals surface area contributed by atoms with E-state index in [4.69, 9.17) is 5.73 Å². The lowest BCUT2D eigenvalue weighted by molar-refractivity contribution is 0.00607. The fourth-order valence-electron chi connectivity index (χ4n) is 1.48. The Bertz CT molecular complexity index is 490. The van der Waals surface area contributed by atoms with Crippen LogP contribution in [0.1, 0.15) is 5.56 Å². The van der Waals surface area contributed by atoms with Gasteiger partial charge in [-0.05, 0) is 12.1 Å². The summed E-state index contributed by atoms with van der Waals surface area (Å²) in [6.45, 7) is -0.689. The smallest absolute Gasteiger partial charge is 0.285 e. The number of halogens is 2. The van der Waals surface area contributed by atoms with Gasteiger partial charge >= 0.3 is 0 Å². The summed E-state index contributed by atoms with van der Waals surface area (Å²) in [7, 11) is 1.82. The first kappa shape index (κ1) is 10.0. The molecule has 1 heterocycles. The molecule has 0 spiro atoms. The van der Waals surface area contributed by atoms with Crippen molar-refractivity contribution in [2.45, 2.75) is 5.92 Å². The number of hydrogen-bond donors (Lipinski definition) is 1. The van der Waals surface area contributed by atoms with Gasteiger partial charge in [-0.15, -0.1) is 0 Å². The van der Waals surface area contributed by atoms with Gasteiger partial charge in [0.15, 0.2) is 0 Å². The molecule has 5 heteroatoms. The van der Waals surface area contributed by atoms with Gasteiger partial charge in [0.05, 0.1) is 23.9 Å². The third-order valence-electron chi connectivity index (χ3n) is 2.40. The molecule has 1 aromatic carbocycles. The van der Waals surface area contributed by atoms with Crippen molar-refractivity contribution < 1.29 is 8.78 Å². The Morgan fingerprint density at radius 2 is 2.20 bits per heavy atom. The number of nitrogens with two attached hydrogens (primary N) is 1. The zero-order valence-electron chi connectivity index (χ0n) is 8.24. The highest BCUT2D eigenvalue weighted by atomic mass is 19.3. The topological polar surface area (TPSA) is 43.8 Å². The molecule has 2 N–H and O–H groups in total. The van der Waals surface area contributed by atoms with E-state index in [9.17, 15) is 8.78 Å². The van der Waals surface area contributed by atoms with Crippen LogP contribution in [0.5, 0.6) is 0 Å². The van der Waals surface area contributed by atoms with Crippen LogP contribution < -0.4 is 5.73 Å². The molecule has 0 aliphatic carbocycles. The number of aromatic nitrogens is 2. The second-order valence-corrected chi connectivity index (χ2v) is 3.47. The number of nitrogens with zero attached hydrogens (tertiary/aromatic N) is 2. The summed E-state index contributed by atoms with van der Waals surface area (Å²) in [5.41, 5.74) is 6.31. The van der Waals surface area contributed by atoms with Crippen LogP contribution in [0.15, 0.2) is 24.5 Å². The number of aryl methyl sites for hydroxylation is 1. The molecule has 2 rings (SSSR count). The standard InChI is InChI=1S/C10H11F2N3/c1-15-6-14-8-4-7(2-3-9(8)15)10(11,12)5-13/h2-4,6H,5,13H2,1H3. The molecule has 0 fully saturated rings. The zero-order valence-corrected chi connectivity index (χ0v) is 8.24. The molecule has 1 aromatic heterocycles. The summed E-state index contributed by atoms with van der Waals surface area (Å²) in [6.07, 6.45) is 1.59. The van der Waals surface area contributed by atoms with Gasteiger partial charge < -0.3 is 10.3 Å². The van der Waals surface area contributed by atoms with E-state index >= 15 is 0 Å². The first-order valence-electron chi connectivity index (χ1n) is 4.54. The summed E-state index contributed by atoms with van der Waals surface area (Å²) in [4.78, 5) is 4.02. The number of rotatable bonds is 2. The number of benzene rings is 1. The molecular weight excluding hydrogens is 200 g/mol. The van der Waals surface area contributed by atoms with Crippen LogP contribution in [-0.4, -0.2) is 16.1 Å². The van der Waals surface area contributed by atoms with Gasteiger partial charge in [-0.25, -0.2) is 4.98 Å². The number of alkyl halides is 2. The maximum absolute atomic E-state index is 13.3. The third-order valence-corrected chi connectivity index (χ3v) is 2.40. The quantitative estimate of drug-likeness (QED) is 0.820. The average Bonchev–Trinajstić information content (AvgIpc) is 2.60. The first-order valence-corrected chi connectivity index (χ1v) is 4.54. The van der Waals surface area contributed by atoms with Gasteiger partial charge in [0, 0.05) is 12.6 Å². The van der Waals surface area contributed by atoms with Crippen LogP contribution in [0.2, 0.25) is 0 Å². The molecule has 0 radical (unpaired) electrons. The highest BCUT2D eigenvalue weighted by Crippen LogP contribution is 2.28. The SMILES string of the molecule is Cn1cnc2cc(C(F)(F)CN)ccc21. The van der Waals surface area contributed by atoms with Crippen molar-refractivity contribution in [2.75, 3.05) is 6.54 Å². The molecular formula is C10H11F2N3. The van der Waals surface area contributed by atoms with Gasteiger partial charge in [-0.1, -0.05) is 6.07 Å². The van der Waals surface area contributed by atoms with Crippen LogP contribution in [0.25, 0.3) is 11.0 Å². The van der Waals surface area contributed by atoms with Gasteiger partial charge in [0.1, 0.15) is 0 Å². The summed E-state index contributed by atoms with van der Waals surface area (Å²) in [5.74, 6) is -2.98. The zero-order chi connectivity index (χ0) is 11.1. The van der Waals surface area contributed by atoms with Gasteiger partial charge in [0.25, 0.3) is 5.92 Å². The van der Waals surface area contributed by atoms with Crippen molar-refractivity contribution in [1.82, 2.24) is 9.55 Å². The summed E-state index contributed by atoms with van der Waals surface area (Å²) >= 11 is 0. The van der Waals surface area contributed by atoms with E-state index < -0.39 is 12.5 Å². The Balaban J connectivity index is 2.57. The molecule has 80 valence electrons. The number of fused-ring (bicyclic) bond motifs is 1. The number of imidazole rings is 1. The molecule has 3 nitrogen and oxygen atoms in total. The van der Waals surface area contributed by atoms with E-state index in [1.165, 1.54) is 12.1 Å². The largest absolute Gasteiger partial charge is 0.334 e.